The molecule has 0 atom stereocenters. The number of nitrogens with zero attached hydrogens (tertiary/aromatic N) is 2. The van der Waals surface area contributed by atoms with Crippen molar-refractivity contribution in [3.05, 3.63) is 18.5 Å². The first kappa shape index (κ1) is 8.13. The van der Waals surface area contributed by atoms with Crippen molar-refractivity contribution in [2.24, 2.45) is 0 Å². The molecule has 1 aromatic heterocycles. The van der Waals surface area contributed by atoms with Crippen LogP contribution in [0, 0.1) is 6.07 Å². The van der Waals surface area contributed by atoms with E-state index >= 15 is 0 Å². The Hall–Kier alpha value is -0.970. The molecule has 0 aromatic carbocycles. The van der Waals surface area contributed by atoms with E-state index in [9.17, 15) is 8.42 Å². The first-order valence-electron chi connectivity index (χ1n) is 3.07. The summed E-state index contributed by atoms with van der Waals surface area (Å²) in [6.07, 6.45) is 2.57. The quantitative estimate of drug-likeness (QED) is 0.591. The van der Waals surface area contributed by atoms with Crippen LogP contribution in [0.4, 0.5) is 0 Å². The van der Waals surface area contributed by atoms with Gasteiger partial charge in [0.1, 0.15) is 0 Å². The number of sulfone groups is 1. The first-order chi connectivity index (χ1) is 5.17. The van der Waals surface area contributed by atoms with Gasteiger partial charge in [-0.2, -0.15) is 0 Å². The van der Waals surface area contributed by atoms with Crippen LogP contribution in [0.3, 0.4) is 0 Å². The third kappa shape index (κ3) is 1.74. The Kier molecular flexibility index (Phi) is 2.19. The van der Waals surface area contributed by atoms with Gasteiger partial charge in [0.05, 0.1) is 5.75 Å². The molecule has 0 spiro atoms. The van der Waals surface area contributed by atoms with Crippen LogP contribution in [-0.4, -0.2) is 24.1 Å². The lowest BCUT2D eigenvalue weighted by atomic mass is 10.7. The predicted octanol–water partition coefficient (Wildman–Crippen LogP) is 0.0704. The third-order valence-electron chi connectivity index (χ3n) is 1.16. The van der Waals surface area contributed by atoms with Gasteiger partial charge in [-0.05, 0) is 0 Å². The lowest BCUT2D eigenvalue weighted by Crippen LogP contribution is -2.07. The van der Waals surface area contributed by atoms with Crippen LogP contribution in [0.2, 0.25) is 0 Å². The van der Waals surface area contributed by atoms with Gasteiger partial charge in [-0.1, -0.05) is 6.92 Å². The molecule has 4 nitrogen and oxygen atoms in total. The molecule has 1 aromatic rings. The molecular formula is C6H7N2O2S. The van der Waals surface area contributed by atoms with E-state index in [0.717, 1.165) is 0 Å². The first-order valence-corrected chi connectivity index (χ1v) is 4.73. The minimum atomic E-state index is -3.24. The Morgan fingerprint density at radius 1 is 1.45 bits per heavy atom. The van der Waals surface area contributed by atoms with E-state index in [-0.39, 0.29) is 10.9 Å². The fourth-order valence-corrected chi connectivity index (χ4v) is 1.23. The summed E-state index contributed by atoms with van der Waals surface area (Å²) < 4.78 is 22.1. The van der Waals surface area contributed by atoms with E-state index in [2.05, 4.69) is 16.0 Å². The van der Waals surface area contributed by atoms with Crippen LogP contribution in [0.5, 0.6) is 0 Å². The van der Waals surface area contributed by atoms with Crippen molar-refractivity contribution in [2.45, 2.75) is 12.1 Å². The van der Waals surface area contributed by atoms with E-state index in [4.69, 9.17) is 0 Å². The summed E-state index contributed by atoms with van der Waals surface area (Å²) in [7, 11) is -3.24. The fraction of sp³-hybridized carbons (Fsp3) is 0.333. The molecule has 1 rings (SSSR count). The zero-order chi connectivity index (χ0) is 8.32. The highest BCUT2D eigenvalue weighted by Crippen LogP contribution is 2.00. The predicted molar refractivity (Wildman–Crippen MR) is 38.6 cm³/mol. The Labute approximate surface area is 65.2 Å². The molecule has 0 bridgehead atoms. The van der Waals surface area contributed by atoms with E-state index in [1.165, 1.54) is 12.4 Å². The van der Waals surface area contributed by atoms with Crippen molar-refractivity contribution < 1.29 is 8.42 Å². The van der Waals surface area contributed by atoms with E-state index in [0.29, 0.717) is 0 Å². The van der Waals surface area contributed by atoms with Crippen LogP contribution >= 0.6 is 0 Å². The lowest BCUT2D eigenvalue weighted by Gasteiger charge is -1.95. The fourth-order valence-electron chi connectivity index (χ4n) is 0.541. The Morgan fingerprint density at radius 3 is 2.45 bits per heavy atom. The zero-order valence-corrected chi connectivity index (χ0v) is 6.80. The lowest BCUT2D eigenvalue weighted by molar-refractivity contribution is 0.588. The molecule has 0 aliphatic heterocycles. The molecule has 0 unspecified atom stereocenters. The normalized spacial score (nSPS) is 11.4. The van der Waals surface area contributed by atoms with Gasteiger partial charge >= 0.3 is 0 Å². The molecule has 1 radical (unpaired) electrons. The van der Waals surface area contributed by atoms with E-state index < -0.39 is 9.84 Å². The number of hydrogen-bond acceptors (Lipinski definition) is 4. The second-order valence-electron chi connectivity index (χ2n) is 1.87. The Morgan fingerprint density at radius 2 is 2.00 bits per heavy atom. The highest BCUT2D eigenvalue weighted by atomic mass is 32.2. The van der Waals surface area contributed by atoms with Crippen molar-refractivity contribution in [1.82, 2.24) is 9.97 Å². The molecule has 0 aliphatic carbocycles. The van der Waals surface area contributed by atoms with Crippen LogP contribution < -0.4 is 0 Å². The SMILES string of the molecule is CCS(=O)(=O)c1nc[c]cn1. The maximum Gasteiger partial charge on any atom is 0.247 e. The van der Waals surface area contributed by atoms with Crippen molar-refractivity contribution in [1.29, 1.82) is 0 Å². The summed E-state index contributed by atoms with van der Waals surface area (Å²) in [4.78, 5) is 7.13. The van der Waals surface area contributed by atoms with E-state index in [1.807, 2.05) is 0 Å². The molecule has 1 heterocycles. The molecule has 0 amide bonds. The smallest absolute Gasteiger partial charge is 0.226 e. The van der Waals surface area contributed by atoms with Gasteiger partial charge in [0, 0.05) is 18.5 Å². The highest BCUT2D eigenvalue weighted by Gasteiger charge is 2.13. The van der Waals surface area contributed by atoms with Crippen LogP contribution in [0.25, 0.3) is 0 Å². The maximum atomic E-state index is 11.1. The minimum absolute atomic E-state index is 0.0248. The molecule has 5 heteroatoms. The van der Waals surface area contributed by atoms with Gasteiger partial charge in [-0.25, -0.2) is 18.4 Å². The van der Waals surface area contributed by atoms with Gasteiger partial charge in [-0.3, -0.25) is 0 Å². The maximum absolute atomic E-state index is 11.1. The largest absolute Gasteiger partial charge is 0.247 e. The van der Waals surface area contributed by atoms with Gasteiger partial charge in [0.25, 0.3) is 0 Å². The van der Waals surface area contributed by atoms with Crippen molar-refractivity contribution >= 4 is 9.84 Å². The third-order valence-corrected chi connectivity index (χ3v) is 2.68. The van der Waals surface area contributed by atoms with Crippen LogP contribution in [0.15, 0.2) is 17.6 Å². The summed E-state index contributed by atoms with van der Waals surface area (Å²) in [6.45, 7) is 1.55. The Balaban J connectivity index is 3.14. The number of rotatable bonds is 2. The number of hydrogen-bond donors (Lipinski definition) is 0. The summed E-state index contributed by atoms with van der Waals surface area (Å²) in [5, 5.41) is -0.126. The molecule has 0 aliphatic rings. The summed E-state index contributed by atoms with van der Waals surface area (Å²) in [5.41, 5.74) is 0. The molecule has 0 saturated carbocycles. The van der Waals surface area contributed by atoms with Gasteiger partial charge in [0.15, 0.2) is 0 Å². The molecular weight excluding hydrogens is 164 g/mol. The van der Waals surface area contributed by atoms with Crippen molar-refractivity contribution in [3.8, 4) is 0 Å². The summed E-state index contributed by atoms with van der Waals surface area (Å²) >= 11 is 0. The van der Waals surface area contributed by atoms with E-state index in [1.54, 1.807) is 6.92 Å². The average molecular weight is 171 g/mol. The summed E-state index contributed by atoms with van der Waals surface area (Å²) in [5.74, 6) is 0.0248. The molecule has 0 N–H and O–H groups in total. The van der Waals surface area contributed by atoms with Crippen LogP contribution in [0.1, 0.15) is 6.92 Å². The van der Waals surface area contributed by atoms with Gasteiger partial charge in [-0.15, -0.1) is 0 Å². The summed E-state index contributed by atoms with van der Waals surface area (Å²) in [6, 6.07) is 2.54. The highest BCUT2D eigenvalue weighted by molar-refractivity contribution is 7.91. The van der Waals surface area contributed by atoms with Crippen molar-refractivity contribution in [2.75, 3.05) is 5.75 Å². The van der Waals surface area contributed by atoms with Gasteiger partial charge < -0.3 is 0 Å². The van der Waals surface area contributed by atoms with Crippen LogP contribution in [-0.2, 0) is 9.84 Å². The van der Waals surface area contributed by atoms with Crippen molar-refractivity contribution in [3.63, 3.8) is 0 Å². The molecule has 59 valence electrons. The second kappa shape index (κ2) is 2.96. The molecule has 11 heavy (non-hydrogen) atoms. The average Bonchev–Trinajstić information content (AvgIpc) is 2.06. The minimum Gasteiger partial charge on any atom is -0.226 e. The number of aromatic nitrogens is 2. The molecule has 0 saturated heterocycles. The van der Waals surface area contributed by atoms with Gasteiger partial charge in [0.2, 0.25) is 15.0 Å². The standard InChI is InChI=1S/C6H7N2O2S/c1-2-11(9,10)6-7-4-3-5-8-6/h4-5H,2H2,1H3. The topological polar surface area (TPSA) is 59.9 Å². The monoisotopic (exact) mass is 171 g/mol. The zero-order valence-electron chi connectivity index (χ0n) is 5.98. The Bertz CT molecular complexity index is 320. The molecule has 0 fully saturated rings. The second-order valence-corrected chi connectivity index (χ2v) is 4.04.